The highest BCUT2D eigenvalue weighted by atomic mass is 19.1. The Balaban J connectivity index is 2.45. The summed E-state index contributed by atoms with van der Waals surface area (Å²) in [7, 11) is 1.87. The lowest BCUT2D eigenvalue weighted by molar-refractivity contribution is 0.582. The molecule has 0 aliphatic rings. The second-order valence-electron chi connectivity index (χ2n) is 4.09. The minimum Gasteiger partial charge on any atom is -0.336 e. The lowest BCUT2D eigenvalue weighted by Gasteiger charge is -2.17. The largest absolute Gasteiger partial charge is 0.336 e. The van der Waals surface area contributed by atoms with Gasteiger partial charge in [-0.15, -0.1) is 0 Å². The number of nitrogens with zero attached hydrogens (tertiary/aromatic N) is 2. The summed E-state index contributed by atoms with van der Waals surface area (Å²) in [6, 6.07) is 4.60. The van der Waals surface area contributed by atoms with E-state index in [2.05, 4.69) is 10.4 Å². The van der Waals surface area contributed by atoms with Crippen molar-refractivity contribution in [2.75, 3.05) is 0 Å². The zero-order valence-electron chi connectivity index (χ0n) is 9.81. The molecule has 2 aromatic rings. The second-order valence-corrected chi connectivity index (χ2v) is 4.09. The van der Waals surface area contributed by atoms with Gasteiger partial charge in [0.25, 0.3) is 0 Å². The molecule has 2 rings (SSSR count). The van der Waals surface area contributed by atoms with Crippen LogP contribution in [0.5, 0.6) is 0 Å². The number of hydrogen-bond acceptors (Lipinski definition) is 3. The van der Waals surface area contributed by atoms with Crippen LogP contribution in [0, 0.1) is 12.7 Å². The number of rotatable bonds is 3. The van der Waals surface area contributed by atoms with Crippen molar-refractivity contribution < 1.29 is 4.39 Å². The van der Waals surface area contributed by atoms with Gasteiger partial charge in [0.15, 0.2) is 0 Å². The number of aromatic nitrogens is 2. The first-order valence-corrected chi connectivity index (χ1v) is 5.31. The number of hydrazine groups is 1. The van der Waals surface area contributed by atoms with Crippen molar-refractivity contribution in [2.24, 2.45) is 12.9 Å². The van der Waals surface area contributed by atoms with E-state index in [0.29, 0.717) is 0 Å². The van der Waals surface area contributed by atoms with Crippen molar-refractivity contribution in [2.45, 2.75) is 13.0 Å². The fourth-order valence-electron chi connectivity index (χ4n) is 1.93. The molecule has 1 heterocycles. The maximum absolute atomic E-state index is 13.4. The van der Waals surface area contributed by atoms with Gasteiger partial charge in [-0.3, -0.25) is 5.84 Å². The Kier molecular flexibility index (Phi) is 3.21. The van der Waals surface area contributed by atoms with E-state index in [4.69, 9.17) is 5.84 Å². The molecule has 0 radical (unpaired) electrons. The molecule has 0 fully saturated rings. The molecule has 1 unspecified atom stereocenters. The Morgan fingerprint density at radius 3 is 2.71 bits per heavy atom. The Bertz CT molecular complexity index is 501. The van der Waals surface area contributed by atoms with Gasteiger partial charge in [-0.2, -0.15) is 0 Å². The van der Waals surface area contributed by atoms with Crippen LogP contribution in [-0.4, -0.2) is 9.55 Å². The third kappa shape index (κ3) is 2.35. The predicted molar refractivity (Wildman–Crippen MR) is 63.5 cm³/mol. The van der Waals surface area contributed by atoms with Crippen LogP contribution in [0.25, 0.3) is 0 Å². The van der Waals surface area contributed by atoms with Gasteiger partial charge in [0.1, 0.15) is 5.82 Å². The van der Waals surface area contributed by atoms with Crippen molar-refractivity contribution in [3.63, 3.8) is 0 Å². The maximum atomic E-state index is 13.4. The summed E-state index contributed by atoms with van der Waals surface area (Å²) in [6.45, 7) is 1.85. The highest BCUT2D eigenvalue weighted by Gasteiger charge is 2.16. The Hall–Kier alpha value is -1.72. The van der Waals surface area contributed by atoms with E-state index in [9.17, 15) is 4.39 Å². The summed E-state index contributed by atoms with van der Waals surface area (Å²) < 4.78 is 15.2. The van der Waals surface area contributed by atoms with Crippen molar-refractivity contribution in [3.05, 3.63) is 53.4 Å². The monoisotopic (exact) mass is 234 g/mol. The van der Waals surface area contributed by atoms with E-state index < -0.39 is 0 Å². The first-order chi connectivity index (χ1) is 8.11. The maximum Gasteiger partial charge on any atom is 0.123 e. The van der Waals surface area contributed by atoms with Gasteiger partial charge in [-0.1, -0.05) is 6.07 Å². The van der Waals surface area contributed by atoms with Crippen LogP contribution in [0.3, 0.4) is 0 Å². The van der Waals surface area contributed by atoms with Crippen LogP contribution in [-0.2, 0) is 7.05 Å². The molecule has 90 valence electrons. The summed E-state index contributed by atoms with van der Waals surface area (Å²) in [4.78, 5) is 4.03. The standard InChI is InChI=1S/C12H15FN4/c1-8-3-9(5-10(13)4-8)12(16-14)11-6-15-7-17(11)2/h3-7,12,16H,14H2,1-2H3. The second kappa shape index (κ2) is 4.65. The first-order valence-electron chi connectivity index (χ1n) is 5.31. The topological polar surface area (TPSA) is 55.9 Å². The third-order valence-corrected chi connectivity index (χ3v) is 2.71. The van der Waals surface area contributed by atoms with E-state index in [-0.39, 0.29) is 11.9 Å². The molecule has 0 amide bonds. The fourth-order valence-corrected chi connectivity index (χ4v) is 1.93. The molecule has 0 aliphatic heterocycles. The van der Waals surface area contributed by atoms with E-state index >= 15 is 0 Å². The van der Waals surface area contributed by atoms with Crippen LogP contribution in [0.2, 0.25) is 0 Å². The van der Waals surface area contributed by atoms with Crippen molar-refractivity contribution >= 4 is 0 Å². The average molecular weight is 234 g/mol. The number of halogens is 1. The summed E-state index contributed by atoms with van der Waals surface area (Å²) in [6.07, 6.45) is 3.40. The summed E-state index contributed by atoms with van der Waals surface area (Å²) in [5, 5.41) is 0. The van der Waals surface area contributed by atoms with Gasteiger partial charge < -0.3 is 4.57 Å². The molecule has 1 atom stereocenters. The van der Waals surface area contributed by atoms with Crippen LogP contribution in [0.1, 0.15) is 22.9 Å². The SMILES string of the molecule is Cc1cc(F)cc(C(NN)c2cncn2C)c1. The zero-order chi connectivity index (χ0) is 12.4. The fraction of sp³-hybridized carbons (Fsp3) is 0.250. The zero-order valence-corrected chi connectivity index (χ0v) is 9.81. The molecule has 3 N–H and O–H groups in total. The van der Waals surface area contributed by atoms with Gasteiger partial charge in [0.05, 0.1) is 24.3 Å². The smallest absolute Gasteiger partial charge is 0.123 e. The van der Waals surface area contributed by atoms with Crippen molar-refractivity contribution in [3.8, 4) is 0 Å². The molecule has 17 heavy (non-hydrogen) atoms. The van der Waals surface area contributed by atoms with Gasteiger partial charge in [0.2, 0.25) is 0 Å². The van der Waals surface area contributed by atoms with Crippen LogP contribution in [0.4, 0.5) is 4.39 Å². The van der Waals surface area contributed by atoms with Gasteiger partial charge in [-0.05, 0) is 30.2 Å². The first kappa shape index (κ1) is 11.8. The predicted octanol–water partition coefficient (Wildman–Crippen LogP) is 1.42. The number of nitrogens with two attached hydrogens (primary N) is 1. The molecule has 0 spiro atoms. The molecular formula is C12H15FN4. The van der Waals surface area contributed by atoms with Crippen molar-refractivity contribution in [1.29, 1.82) is 0 Å². The van der Waals surface area contributed by atoms with E-state index in [1.807, 2.05) is 24.6 Å². The number of imidazole rings is 1. The lowest BCUT2D eigenvalue weighted by Crippen LogP contribution is -2.30. The van der Waals surface area contributed by atoms with Crippen LogP contribution >= 0.6 is 0 Å². The normalized spacial score (nSPS) is 12.7. The molecule has 1 aromatic heterocycles. The van der Waals surface area contributed by atoms with Gasteiger partial charge >= 0.3 is 0 Å². The number of nitrogens with one attached hydrogen (secondary N) is 1. The van der Waals surface area contributed by atoms with Gasteiger partial charge in [0, 0.05) is 7.05 Å². The van der Waals surface area contributed by atoms with E-state index in [0.717, 1.165) is 16.8 Å². The molecule has 0 aliphatic carbocycles. The van der Waals surface area contributed by atoms with Crippen LogP contribution in [0.15, 0.2) is 30.7 Å². The van der Waals surface area contributed by atoms with E-state index in [1.54, 1.807) is 12.5 Å². The highest BCUT2D eigenvalue weighted by Crippen LogP contribution is 2.22. The minimum atomic E-state index is -0.267. The molecule has 0 bridgehead atoms. The molecular weight excluding hydrogens is 219 g/mol. The number of benzene rings is 1. The summed E-state index contributed by atoms with van der Waals surface area (Å²) in [5.41, 5.74) is 5.22. The molecule has 0 saturated heterocycles. The van der Waals surface area contributed by atoms with Crippen LogP contribution < -0.4 is 11.3 Å². The molecule has 4 nitrogen and oxygen atoms in total. The minimum absolute atomic E-state index is 0.262. The molecule has 0 saturated carbocycles. The van der Waals surface area contributed by atoms with E-state index in [1.165, 1.54) is 12.1 Å². The number of aryl methyl sites for hydroxylation is 2. The molecule has 1 aromatic carbocycles. The quantitative estimate of drug-likeness (QED) is 0.624. The Labute approximate surface area is 99.2 Å². The number of hydrogen-bond donors (Lipinski definition) is 2. The van der Waals surface area contributed by atoms with Gasteiger partial charge in [-0.25, -0.2) is 14.8 Å². The Morgan fingerprint density at radius 1 is 1.41 bits per heavy atom. The molecule has 5 heteroatoms. The third-order valence-electron chi connectivity index (χ3n) is 2.71. The van der Waals surface area contributed by atoms with Crippen molar-refractivity contribution in [1.82, 2.24) is 15.0 Å². The highest BCUT2D eigenvalue weighted by molar-refractivity contribution is 5.31. The summed E-state index contributed by atoms with van der Waals surface area (Å²) in [5.74, 6) is 5.29. The lowest BCUT2D eigenvalue weighted by atomic mass is 10.0. The summed E-state index contributed by atoms with van der Waals surface area (Å²) >= 11 is 0. The Morgan fingerprint density at radius 2 is 2.18 bits per heavy atom. The average Bonchev–Trinajstić information content (AvgIpc) is 2.65.